The summed E-state index contributed by atoms with van der Waals surface area (Å²) in [5.74, 6) is 1.82. The monoisotopic (exact) mass is 238 g/mol. The van der Waals surface area contributed by atoms with Gasteiger partial charge in [-0.25, -0.2) is 0 Å². The highest BCUT2D eigenvalue weighted by atomic mass is 35.5. The second-order valence-corrected chi connectivity index (χ2v) is 4.86. The van der Waals surface area contributed by atoms with Crippen LogP contribution in [0, 0.1) is 11.8 Å². The maximum Gasteiger partial charge on any atom is 0.0233 e. The van der Waals surface area contributed by atoms with E-state index in [2.05, 4.69) is 40.5 Å². The minimum absolute atomic E-state index is 0. The van der Waals surface area contributed by atoms with E-state index in [0.29, 0.717) is 0 Å². The van der Waals surface area contributed by atoms with Crippen molar-refractivity contribution in [2.45, 2.75) is 6.54 Å². The molecule has 0 radical (unpaired) electrons. The Bertz CT molecular complexity index is 316. The van der Waals surface area contributed by atoms with Crippen LogP contribution in [0.1, 0.15) is 5.56 Å². The zero-order chi connectivity index (χ0) is 10.1. The van der Waals surface area contributed by atoms with Crippen molar-refractivity contribution in [1.82, 2.24) is 10.2 Å². The molecule has 0 bridgehead atoms. The number of fused-ring (bicyclic) bond motifs is 1. The van der Waals surface area contributed by atoms with Gasteiger partial charge >= 0.3 is 0 Å². The number of hydrogen-bond donors (Lipinski definition) is 1. The molecule has 0 spiro atoms. The van der Waals surface area contributed by atoms with E-state index in [9.17, 15) is 0 Å². The van der Waals surface area contributed by atoms with Gasteiger partial charge in [-0.3, -0.25) is 4.90 Å². The van der Waals surface area contributed by atoms with Crippen LogP contribution < -0.4 is 5.32 Å². The van der Waals surface area contributed by atoms with E-state index in [1.807, 2.05) is 0 Å². The van der Waals surface area contributed by atoms with E-state index in [1.54, 1.807) is 0 Å². The van der Waals surface area contributed by atoms with E-state index < -0.39 is 0 Å². The molecule has 88 valence electrons. The molecule has 1 aromatic rings. The van der Waals surface area contributed by atoms with Crippen LogP contribution in [0.4, 0.5) is 0 Å². The number of benzene rings is 1. The summed E-state index contributed by atoms with van der Waals surface area (Å²) in [4.78, 5) is 2.60. The first-order valence-electron chi connectivity index (χ1n) is 5.89. The summed E-state index contributed by atoms with van der Waals surface area (Å²) in [6.45, 7) is 6.17. The van der Waals surface area contributed by atoms with E-state index in [1.165, 1.54) is 31.7 Å². The Balaban J connectivity index is 0.000000963. The summed E-state index contributed by atoms with van der Waals surface area (Å²) < 4.78 is 0. The lowest BCUT2D eigenvalue weighted by Crippen LogP contribution is -2.25. The third kappa shape index (κ3) is 2.40. The molecule has 0 saturated carbocycles. The summed E-state index contributed by atoms with van der Waals surface area (Å²) in [7, 11) is 0. The van der Waals surface area contributed by atoms with Gasteiger partial charge in [0, 0.05) is 19.6 Å². The number of rotatable bonds is 2. The molecule has 2 saturated heterocycles. The standard InChI is InChI=1S/C13H18N2.ClH/c1-2-4-11(5-3-1)8-15-9-12-6-14-7-13(12)10-15;/h1-5,12-14H,6-10H2;1H. The highest BCUT2D eigenvalue weighted by Crippen LogP contribution is 2.27. The summed E-state index contributed by atoms with van der Waals surface area (Å²) in [5, 5.41) is 3.48. The van der Waals surface area contributed by atoms with Gasteiger partial charge in [0.15, 0.2) is 0 Å². The van der Waals surface area contributed by atoms with E-state index in [4.69, 9.17) is 0 Å². The third-order valence-corrected chi connectivity index (χ3v) is 3.71. The Morgan fingerprint density at radius 3 is 2.31 bits per heavy atom. The Kier molecular flexibility index (Phi) is 3.85. The SMILES string of the molecule is Cl.c1ccc(CN2CC3CNCC3C2)cc1. The van der Waals surface area contributed by atoms with E-state index in [0.717, 1.165) is 18.4 Å². The van der Waals surface area contributed by atoms with Gasteiger partial charge in [0.1, 0.15) is 0 Å². The molecule has 3 heteroatoms. The number of likely N-dealkylation sites (tertiary alicyclic amines) is 1. The largest absolute Gasteiger partial charge is 0.316 e. The van der Waals surface area contributed by atoms with Gasteiger partial charge in [0.05, 0.1) is 0 Å². The number of nitrogens with zero attached hydrogens (tertiary/aromatic N) is 1. The van der Waals surface area contributed by atoms with Crippen molar-refractivity contribution in [3.63, 3.8) is 0 Å². The van der Waals surface area contributed by atoms with Crippen LogP contribution in [0.25, 0.3) is 0 Å². The highest BCUT2D eigenvalue weighted by molar-refractivity contribution is 5.85. The molecule has 2 fully saturated rings. The second-order valence-electron chi connectivity index (χ2n) is 4.86. The predicted molar refractivity (Wildman–Crippen MR) is 68.8 cm³/mol. The molecule has 2 aliphatic rings. The van der Waals surface area contributed by atoms with Crippen molar-refractivity contribution in [2.24, 2.45) is 11.8 Å². The fraction of sp³-hybridized carbons (Fsp3) is 0.538. The van der Waals surface area contributed by atoms with Crippen LogP contribution in [0.2, 0.25) is 0 Å². The van der Waals surface area contributed by atoms with E-state index in [-0.39, 0.29) is 12.4 Å². The van der Waals surface area contributed by atoms with Crippen molar-refractivity contribution in [1.29, 1.82) is 0 Å². The minimum Gasteiger partial charge on any atom is -0.316 e. The van der Waals surface area contributed by atoms with Gasteiger partial charge in [-0.15, -0.1) is 12.4 Å². The van der Waals surface area contributed by atoms with Crippen LogP contribution in [0.3, 0.4) is 0 Å². The summed E-state index contributed by atoms with van der Waals surface area (Å²) in [6, 6.07) is 10.8. The van der Waals surface area contributed by atoms with Crippen LogP contribution in [-0.4, -0.2) is 31.1 Å². The number of halogens is 1. The molecule has 0 aromatic heterocycles. The highest BCUT2D eigenvalue weighted by Gasteiger charge is 2.35. The van der Waals surface area contributed by atoms with Gasteiger partial charge in [0.2, 0.25) is 0 Å². The van der Waals surface area contributed by atoms with Crippen molar-refractivity contribution >= 4 is 12.4 Å². The Labute approximate surface area is 103 Å². The third-order valence-electron chi connectivity index (χ3n) is 3.71. The molecule has 2 unspecified atom stereocenters. The molecule has 0 aliphatic carbocycles. The summed E-state index contributed by atoms with van der Waals surface area (Å²) in [5.41, 5.74) is 1.45. The molecule has 2 aliphatic heterocycles. The van der Waals surface area contributed by atoms with Crippen molar-refractivity contribution in [3.05, 3.63) is 35.9 Å². The fourth-order valence-electron chi connectivity index (χ4n) is 2.92. The van der Waals surface area contributed by atoms with Gasteiger partial charge in [-0.1, -0.05) is 30.3 Å². The molecule has 0 amide bonds. The first kappa shape index (κ1) is 11.9. The fourth-order valence-corrected chi connectivity index (χ4v) is 2.92. The van der Waals surface area contributed by atoms with Gasteiger partial charge in [-0.05, 0) is 30.5 Å². The van der Waals surface area contributed by atoms with Crippen molar-refractivity contribution < 1.29 is 0 Å². The summed E-state index contributed by atoms with van der Waals surface area (Å²) >= 11 is 0. The number of nitrogens with one attached hydrogen (secondary N) is 1. The zero-order valence-electron chi connectivity index (χ0n) is 9.43. The molecule has 3 rings (SSSR count). The van der Waals surface area contributed by atoms with Crippen LogP contribution >= 0.6 is 12.4 Å². The lowest BCUT2D eigenvalue weighted by atomic mass is 10.0. The molecule has 2 atom stereocenters. The predicted octanol–water partition coefficient (Wildman–Crippen LogP) is 1.76. The number of hydrogen-bond acceptors (Lipinski definition) is 2. The average molecular weight is 239 g/mol. The second kappa shape index (κ2) is 5.17. The Hall–Kier alpha value is -0.570. The van der Waals surface area contributed by atoms with Crippen LogP contribution in [0.15, 0.2) is 30.3 Å². The lowest BCUT2D eigenvalue weighted by molar-refractivity contribution is 0.305. The lowest BCUT2D eigenvalue weighted by Gasteiger charge is -2.16. The summed E-state index contributed by atoms with van der Waals surface area (Å²) in [6.07, 6.45) is 0. The Morgan fingerprint density at radius 2 is 1.69 bits per heavy atom. The minimum atomic E-state index is 0. The zero-order valence-corrected chi connectivity index (χ0v) is 10.2. The molecule has 1 aromatic carbocycles. The van der Waals surface area contributed by atoms with Gasteiger partial charge in [-0.2, -0.15) is 0 Å². The average Bonchev–Trinajstić information content (AvgIpc) is 2.79. The molecule has 2 nitrogen and oxygen atoms in total. The Morgan fingerprint density at radius 1 is 1.06 bits per heavy atom. The molecular weight excluding hydrogens is 220 g/mol. The first-order valence-corrected chi connectivity index (χ1v) is 5.89. The molecular formula is C13H19ClN2. The van der Waals surface area contributed by atoms with Crippen molar-refractivity contribution in [3.8, 4) is 0 Å². The first-order chi connectivity index (χ1) is 7.42. The van der Waals surface area contributed by atoms with Crippen LogP contribution in [-0.2, 0) is 6.54 Å². The smallest absolute Gasteiger partial charge is 0.0233 e. The molecule has 1 N–H and O–H groups in total. The quantitative estimate of drug-likeness (QED) is 0.845. The maximum absolute atomic E-state index is 3.48. The molecule has 2 heterocycles. The van der Waals surface area contributed by atoms with Gasteiger partial charge < -0.3 is 5.32 Å². The van der Waals surface area contributed by atoms with Gasteiger partial charge in [0.25, 0.3) is 0 Å². The van der Waals surface area contributed by atoms with E-state index >= 15 is 0 Å². The maximum atomic E-state index is 3.48. The van der Waals surface area contributed by atoms with Crippen LogP contribution in [0.5, 0.6) is 0 Å². The topological polar surface area (TPSA) is 15.3 Å². The molecule has 16 heavy (non-hydrogen) atoms. The van der Waals surface area contributed by atoms with Crippen molar-refractivity contribution in [2.75, 3.05) is 26.2 Å². The normalized spacial score (nSPS) is 28.8.